The van der Waals surface area contributed by atoms with E-state index < -0.39 is 23.9 Å². The summed E-state index contributed by atoms with van der Waals surface area (Å²) in [5, 5.41) is 9.83. The van der Waals surface area contributed by atoms with E-state index in [1.54, 1.807) is 24.1 Å². The molecule has 180 valence electrons. The van der Waals surface area contributed by atoms with E-state index >= 15 is 0 Å². The first-order chi connectivity index (χ1) is 15.3. The zero-order valence-electron chi connectivity index (χ0n) is 21.0. The zero-order valence-corrected chi connectivity index (χ0v) is 21.0. The standard InChI is InChI=1S/C24H35BN2O6/c1-22(2,3)31-21(28)27-11-9-18(10-12-27)30-20-16(15-26)13-17(14-19(20)29-8)25-32-23(4,5)24(6,7)33-25/h13-14,18H,9-12H2,1-8H3. The van der Waals surface area contributed by atoms with Crippen LogP contribution in [0, 0.1) is 11.3 Å². The molecule has 3 rings (SSSR count). The number of amides is 1. The Balaban J connectivity index is 1.73. The van der Waals surface area contributed by atoms with Crippen LogP contribution >= 0.6 is 0 Å². The molecule has 0 aliphatic carbocycles. The van der Waals surface area contributed by atoms with Crippen molar-refractivity contribution in [1.82, 2.24) is 4.90 Å². The largest absolute Gasteiger partial charge is 0.495 e. The number of nitriles is 1. The molecule has 0 saturated carbocycles. The van der Waals surface area contributed by atoms with Crippen LogP contribution in [0.4, 0.5) is 4.79 Å². The van der Waals surface area contributed by atoms with Crippen molar-refractivity contribution in [2.75, 3.05) is 20.2 Å². The Hall–Kier alpha value is -2.44. The fraction of sp³-hybridized carbons (Fsp3) is 0.667. The predicted octanol–water partition coefficient (Wildman–Crippen LogP) is 3.64. The number of hydrogen-bond acceptors (Lipinski definition) is 7. The van der Waals surface area contributed by atoms with Gasteiger partial charge in [0.05, 0.1) is 23.9 Å². The summed E-state index contributed by atoms with van der Waals surface area (Å²) in [5.41, 5.74) is -0.453. The maximum atomic E-state index is 12.3. The monoisotopic (exact) mass is 458 g/mol. The van der Waals surface area contributed by atoms with Crippen molar-refractivity contribution in [2.45, 2.75) is 84.2 Å². The van der Waals surface area contributed by atoms with Gasteiger partial charge < -0.3 is 28.4 Å². The summed E-state index contributed by atoms with van der Waals surface area (Å²) >= 11 is 0. The second-order valence-electron chi connectivity index (χ2n) is 10.6. The average molecular weight is 458 g/mol. The van der Waals surface area contributed by atoms with Crippen molar-refractivity contribution >= 4 is 18.7 Å². The normalized spacial score (nSPS) is 20.3. The van der Waals surface area contributed by atoms with Gasteiger partial charge in [-0.2, -0.15) is 5.26 Å². The summed E-state index contributed by atoms with van der Waals surface area (Å²) in [6.07, 6.45) is 0.800. The molecule has 2 heterocycles. The van der Waals surface area contributed by atoms with Gasteiger partial charge in [0.2, 0.25) is 0 Å². The highest BCUT2D eigenvalue weighted by atomic mass is 16.7. The van der Waals surface area contributed by atoms with Crippen molar-refractivity contribution in [1.29, 1.82) is 5.26 Å². The second kappa shape index (κ2) is 9.07. The highest BCUT2D eigenvalue weighted by molar-refractivity contribution is 6.62. The molecule has 1 aromatic carbocycles. The summed E-state index contributed by atoms with van der Waals surface area (Å²) in [7, 11) is 0.935. The molecule has 0 bridgehead atoms. The SMILES string of the molecule is COc1cc(B2OC(C)(C)C(C)(C)O2)cc(C#N)c1OC1CCN(C(=O)OC(C)(C)C)CC1. The molecule has 0 atom stereocenters. The Morgan fingerprint density at radius 2 is 1.73 bits per heavy atom. The Kier molecular flexibility index (Phi) is 6.93. The molecule has 0 N–H and O–H groups in total. The van der Waals surface area contributed by atoms with Crippen LogP contribution in [0.5, 0.6) is 11.5 Å². The van der Waals surface area contributed by atoms with Gasteiger partial charge >= 0.3 is 13.2 Å². The molecule has 2 saturated heterocycles. The molecule has 2 fully saturated rings. The first-order valence-corrected chi connectivity index (χ1v) is 11.4. The summed E-state index contributed by atoms with van der Waals surface area (Å²) in [4.78, 5) is 14.0. The number of likely N-dealkylation sites (tertiary alicyclic amines) is 1. The van der Waals surface area contributed by atoms with E-state index in [0.29, 0.717) is 48.5 Å². The molecular weight excluding hydrogens is 423 g/mol. The summed E-state index contributed by atoms with van der Waals surface area (Å²) in [5.74, 6) is 0.851. The Morgan fingerprint density at radius 3 is 2.21 bits per heavy atom. The number of hydrogen-bond donors (Lipinski definition) is 0. The molecule has 9 heteroatoms. The molecule has 33 heavy (non-hydrogen) atoms. The number of methoxy groups -OCH3 is 1. The molecular formula is C24H35BN2O6. The van der Waals surface area contributed by atoms with Gasteiger partial charge in [0.15, 0.2) is 11.5 Å². The van der Waals surface area contributed by atoms with Gasteiger partial charge in [-0.25, -0.2) is 4.79 Å². The van der Waals surface area contributed by atoms with E-state index in [9.17, 15) is 10.1 Å². The minimum absolute atomic E-state index is 0.146. The maximum absolute atomic E-state index is 12.3. The fourth-order valence-corrected chi connectivity index (χ4v) is 3.74. The van der Waals surface area contributed by atoms with Gasteiger partial charge in [0, 0.05) is 25.9 Å². The van der Waals surface area contributed by atoms with E-state index in [-0.39, 0.29) is 12.2 Å². The summed E-state index contributed by atoms with van der Waals surface area (Å²) in [6.45, 7) is 14.5. The number of carbonyl (C=O) groups is 1. The number of piperidine rings is 1. The van der Waals surface area contributed by atoms with Crippen molar-refractivity contribution in [3.05, 3.63) is 17.7 Å². The lowest BCUT2D eigenvalue weighted by molar-refractivity contribution is 0.00578. The maximum Gasteiger partial charge on any atom is 0.495 e. The zero-order chi connectivity index (χ0) is 24.6. The summed E-state index contributed by atoms with van der Waals surface area (Å²) in [6, 6.07) is 5.75. The van der Waals surface area contributed by atoms with Crippen LogP contribution in [-0.4, -0.2) is 61.2 Å². The van der Waals surface area contributed by atoms with E-state index in [0.717, 1.165) is 0 Å². The van der Waals surface area contributed by atoms with Crippen molar-refractivity contribution in [2.24, 2.45) is 0 Å². The molecule has 8 nitrogen and oxygen atoms in total. The number of rotatable bonds is 4. The number of ether oxygens (including phenoxy) is 3. The molecule has 0 unspecified atom stereocenters. The molecule has 1 amide bonds. The summed E-state index contributed by atoms with van der Waals surface area (Å²) < 4.78 is 29.5. The van der Waals surface area contributed by atoms with Crippen LogP contribution in [0.1, 0.15) is 66.9 Å². The quantitative estimate of drug-likeness (QED) is 0.637. The number of benzene rings is 1. The van der Waals surface area contributed by atoms with E-state index in [2.05, 4.69) is 6.07 Å². The molecule has 0 aromatic heterocycles. The first kappa shape index (κ1) is 25.2. The third kappa shape index (κ3) is 5.56. The van der Waals surface area contributed by atoms with Crippen LogP contribution < -0.4 is 14.9 Å². The Morgan fingerprint density at radius 1 is 1.15 bits per heavy atom. The van der Waals surface area contributed by atoms with Gasteiger partial charge in [-0.1, -0.05) is 0 Å². The van der Waals surface area contributed by atoms with Crippen LogP contribution in [0.25, 0.3) is 0 Å². The van der Waals surface area contributed by atoms with Crippen molar-refractivity contribution in [3.63, 3.8) is 0 Å². The second-order valence-corrected chi connectivity index (χ2v) is 10.6. The van der Waals surface area contributed by atoms with Gasteiger partial charge in [0.1, 0.15) is 17.8 Å². The lowest BCUT2D eigenvalue weighted by Crippen LogP contribution is -2.44. The van der Waals surface area contributed by atoms with Gasteiger partial charge in [-0.3, -0.25) is 0 Å². The highest BCUT2D eigenvalue weighted by Gasteiger charge is 2.52. The van der Waals surface area contributed by atoms with Gasteiger partial charge in [-0.05, 0) is 66.1 Å². The molecule has 0 radical (unpaired) electrons. The van der Waals surface area contributed by atoms with Crippen LogP contribution in [0.3, 0.4) is 0 Å². The minimum Gasteiger partial charge on any atom is -0.493 e. The predicted molar refractivity (Wildman–Crippen MR) is 125 cm³/mol. The molecule has 0 spiro atoms. The number of carbonyl (C=O) groups excluding carboxylic acids is 1. The molecule has 1 aromatic rings. The van der Waals surface area contributed by atoms with Crippen LogP contribution in [0.15, 0.2) is 12.1 Å². The van der Waals surface area contributed by atoms with Gasteiger partial charge in [0.25, 0.3) is 0 Å². The third-order valence-electron chi connectivity index (χ3n) is 6.32. The molecule has 2 aliphatic heterocycles. The van der Waals surface area contributed by atoms with Crippen molar-refractivity contribution < 1.29 is 28.3 Å². The van der Waals surface area contributed by atoms with E-state index in [1.165, 1.54) is 0 Å². The lowest BCUT2D eigenvalue weighted by atomic mass is 9.78. The smallest absolute Gasteiger partial charge is 0.493 e. The Bertz CT molecular complexity index is 910. The van der Waals surface area contributed by atoms with Crippen molar-refractivity contribution in [3.8, 4) is 17.6 Å². The van der Waals surface area contributed by atoms with Crippen LogP contribution in [-0.2, 0) is 14.0 Å². The third-order valence-corrected chi connectivity index (χ3v) is 6.32. The molecule has 2 aliphatic rings. The minimum atomic E-state index is -0.609. The van der Waals surface area contributed by atoms with E-state index in [4.69, 9.17) is 23.5 Å². The number of nitrogens with zero attached hydrogens (tertiary/aromatic N) is 2. The average Bonchev–Trinajstić information content (AvgIpc) is 2.94. The van der Waals surface area contributed by atoms with Gasteiger partial charge in [-0.15, -0.1) is 0 Å². The fourth-order valence-electron chi connectivity index (χ4n) is 3.74. The highest BCUT2D eigenvalue weighted by Crippen LogP contribution is 2.38. The van der Waals surface area contributed by atoms with Crippen LogP contribution in [0.2, 0.25) is 0 Å². The van der Waals surface area contributed by atoms with E-state index in [1.807, 2.05) is 48.5 Å². The lowest BCUT2D eigenvalue weighted by Gasteiger charge is -2.33. The topological polar surface area (TPSA) is 90.3 Å². The first-order valence-electron chi connectivity index (χ1n) is 11.4. The Labute approximate surface area is 197 Å².